The molecule has 0 radical (unpaired) electrons. The average Bonchev–Trinajstić information content (AvgIpc) is 2.66. The van der Waals surface area contributed by atoms with Crippen molar-refractivity contribution >= 4 is 23.5 Å². The molecule has 0 aromatic heterocycles. The van der Waals surface area contributed by atoms with Gasteiger partial charge in [0, 0.05) is 19.2 Å². The number of amides is 2. The number of anilines is 1. The first kappa shape index (κ1) is 20.1. The molecule has 0 spiro atoms. The smallest absolute Gasteiger partial charge is 0.337 e. The van der Waals surface area contributed by atoms with Crippen molar-refractivity contribution in [2.75, 3.05) is 25.1 Å². The summed E-state index contributed by atoms with van der Waals surface area (Å²) >= 11 is 0. The molecule has 0 bridgehead atoms. The minimum absolute atomic E-state index is 0.211. The number of methoxy groups -OCH3 is 1. The number of hydrogen-bond acceptors (Lipinski definition) is 4. The van der Waals surface area contributed by atoms with Gasteiger partial charge in [0.25, 0.3) is 0 Å². The molecular weight excluding hydrogens is 351 g/mol. The summed E-state index contributed by atoms with van der Waals surface area (Å²) < 4.78 is 18.2. The van der Waals surface area contributed by atoms with Gasteiger partial charge in [0.15, 0.2) is 0 Å². The van der Waals surface area contributed by atoms with Gasteiger partial charge in [-0.05, 0) is 36.2 Å². The minimum Gasteiger partial charge on any atom is -0.465 e. The van der Waals surface area contributed by atoms with Gasteiger partial charge in [0.1, 0.15) is 12.4 Å². The summed E-state index contributed by atoms with van der Waals surface area (Å²) in [5.41, 5.74) is 1.20. The van der Waals surface area contributed by atoms with E-state index in [1.54, 1.807) is 36.4 Å². The molecule has 27 heavy (non-hydrogen) atoms. The maximum Gasteiger partial charge on any atom is 0.337 e. The number of carbonyl (C=O) groups is 3. The highest BCUT2D eigenvalue weighted by Gasteiger charge is 2.17. The van der Waals surface area contributed by atoms with Crippen molar-refractivity contribution < 1.29 is 23.5 Å². The van der Waals surface area contributed by atoms with E-state index in [4.69, 9.17) is 0 Å². The van der Waals surface area contributed by atoms with E-state index in [2.05, 4.69) is 10.1 Å². The standard InChI is InChI=1S/C20H21FN2O4/c1-14(24)23(17-8-5-7-16(12-17)20(26)27-2)13-19(25)22-11-10-15-6-3-4-9-18(15)21/h3-9,12H,10-11,13H2,1-2H3,(H,22,25). The van der Waals surface area contributed by atoms with Crippen molar-refractivity contribution in [1.29, 1.82) is 0 Å². The molecule has 0 aliphatic carbocycles. The molecule has 0 aliphatic rings. The van der Waals surface area contributed by atoms with Crippen LogP contribution in [0.15, 0.2) is 48.5 Å². The Hall–Kier alpha value is -3.22. The summed E-state index contributed by atoms with van der Waals surface area (Å²) in [5, 5.41) is 2.67. The first-order chi connectivity index (χ1) is 12.9. The lowest BCUT2D eigenvalue weighted by Gasteiger charge is -2.21. The molecule has 0 aliphatic heterocycles. The lowest BCUT2D eigenvalue weighted by Crippen LogP contribution is -2.40. The Balaban J connectivity index is 1.99. The van der Waals surface area contributed by atoms with E-state index in [9.17, 15) is 18.8 Å². The monoisotopic (exact) mass is 372 g/mol. The molecule has 1 N–H and O–H groups in total. The normalized spacial score (nSPS) is 10.2. The first-order valence-electron chi connectivity index (χ1n) is 8.39. The number of ether oxygens (including phenoxy) is 1. The summed E-state index contributed by atoms with van der Waals surface area (Å²) in [4.78, 5) is 37.0. The van der Waals surface area contributed by atoms with Gasteiger partial charge in [-0.1, -0.05) is 24.3 Å². The zero-order valence-electron chi connectivity index (χ0n) is 15.2. The molecule has 2 amide bonds. The van der Waals surface area contributed by atoms with Crippen molar-refractivity contribution in [1.82, 2.24) is 5.32 Å². The van der Waals surface area contributed by atoms with Crippen molar-refractivity contribution in [3.63, 3.8) is 0 Å². The number of hydrogen-bond donors (Lipinski definition) is 1. The predicted molar refractivity (Wildman–Crippen MR) is 98.9 cm³/mol. The third kappa shape index (κ3) is 5.64. The molecule has 2 aromatic carbocycles. The Morgan fingerprint density at radius 3 is 2.52 bits per heavy atom. The number of esters is 1. The first-order valence-corrected chi connectivity index (χ1v) is 8.39. The minimum atomic E-state index is -0.533. The van der Waals surface area contributed by atoms with Gasteiger partial charge in [0.05, 0.1) is 12.7 Å². The van der Waals surface area contributed by atoms with Gasteiger partial charge in [-0.3, -0.25) is 9.59 Å². The molecule has 0 heterocycles. The highest BCUT2D eigenvalue weighted by atomic mass is 19.1. The second-order valence-corrected chi connectivity index (χ2v) is 5.84. The van der Waals surface area contributed by atoms with Gasteiger partial charge in [-0.25, -0.2) is 9.18 Å². The van der Waals surface area contributed by atoms with Crippen LogP contribution in [0.2, 0.25) is 0 Å². The van der Waals surface area contributed by atoms with Crippen LogP contribution in [0.4, 0.5) is 10.1 Å². The maximum absolute atomic E-state index is 13.6. The van der Waals surface area contributed by atoms with Crippen LogP contribution in [-0.4, -0.2) is 38.0 Å². The number of benzene rings is 2. The molecule has 0 fully saturated rings. The molecule has 2 rings (SSSR count). The van der Waals surface area contributed by atoms with Crippen LogP contribution in [0.3, 0.4) is 0 Å². The number of nitrogens with zero attached hydrogens (tertiary/aromatic N) is 1. The number of rotatable bonds is 7. The number of halogens is 1. The van der Waals surface area contributed by atoms with Gasteiger partial charge < -0.3 is 15.0 Å². The van der Waals surface area contributed by atoms with Gasteiger partial charge in [-0.2, -0.15) is 0 Å². The third-order valence-corrected chi connectivity index (χ3v) is 3.94. The van der Waals surface area contributed by atoms with Crippen LogP contribution in [0.5, 0.6) is 0 Å². The van der Waals surface area contributed by atoms with Crippen LogP contribution < -0.4 is 10.2 Å². The second kappa shape index (κ2) is 9.47. The molecule has 0 saturated carbocycles. The molecule has 0 saturated heterocycles. The molecule has 142 valence electrons. The molecule has 0 unspecified atom stereocenters. The van der Waals surface area contributed by atoms with Crippen molar-refractivity contribution in [2.45, 2.75) is 13.3 Å². The summed E-state index contributed by atoms with van der Waals surface area (Å²) in [5.74, 6) is -1.59. The number of nitrogens with one attached hydrogen (secondary N) is 1. The van der Waals surface area contributed by atoms with E-state index < -0.39 is 5.97 Å². The fourth-order valence-electron chi connectivity index (χ4n) is 2.54. The largest absolute Gasteiger partial charge is 0.465 e. The van der Waals surface area contributed by atoms with Gasteiger partial charge in [-0.15, -0.1) is 0 Å². The van der Waals surface area contributed by atoms with Crippen LogP contribution >= 0.6 is 0 Å². The molecule has 6 nitrogen and oxygen atoms in total. The highest BCUT2D eigenvalue weighted by Crippen LogP contribution is 2.17. The predicted octanol–water partition coefficient (Wildman–Crippen LogP) is 2.32. The molecule has 2 aromatic rings. The molecule has 7 heteroatoms. The maximum atomic E-state index is 13.6. The summed E-state index contributed by atoms with van der Waals surface area (Å²) in [6.45, 7) is 1.36. The van der Waals surface area contributed by atoms with Crippen molar-refractivity contribution in [3.8, 4) is 0 Å². The lowest BCUT2D eigenvalue weighted by molar-refractivity contribution is -0.123. The molecular formula is C20H21FN2O4. The SMILES string of the molecule is COC(=O)c1cccc(N(CC(=O)NCCc2ccccc2F)C(C)=O)c1. The van der Waals surface area contributed by atoms with E-state index in [0.29, 0.717) is 17.7 Å². The van der Waals surface area contributed by atoms with Crippen LogP contribution in [-0.2, 0) is 20.7 Å². The molecule has 0 atom stereocenters. The fraction of sp³-hybridized carbons (Fsp3) is 0.250. The number of carbonyl (C=O) groups excluding carboxylic acids is 3. The zero-order chi connectivity index (χ0) is 19.8. The van der Waals surface area contributed by atoms with E-state index in [-0.39, 0.29) is 36.3 Å². The van der Waals surface area contributed by atoms with Crippen LogP contribution in [0.25, 0.3) is 0 Å². The van der Waals surface area contributed by atoms with Crippen LogP contribution in [0, 0.1) is 5.82 Å². The Bertz CT molecular complexity index is 838. The Labute approximate surface area is 156 Å². The van der Waals surface area contributed by atoms with E-state index in [1.165, 1.54) is 31.1 Å². The summed E-state index contributed by atoms with van der Waals surface area (Å²) in [6.07, 6.45) is 0.344. The fourth-order valence-corrected chi connectivity index (χ4v) is 2.54. The summed E-state index contributed by atoms with van der Waals surface area (Å²) in [6, 6.07) is 12.6. The van der Waals surface area contributed by atoms with Gasteiger partial charge in [0.2, 0.25) is 11.8 Å². The van der Waals surface area contributed by atoms with E-state index in [1.807, 2.05) is 0 Å². The van der Waals surface area contributed by atoms with Crippen molar-refractivity contribution in [2.24, 2.45) is 0 Å². The average molecular weight is 372 g/mol. The Morgan fingerprint density at radius 2 is 1.85 bits per heavy atom. The third-order valence-electron chi connectivity index (χ3n) is 3.94. The summed E-state index contributed by atoms with van der Waals surface area (Å²) in [7, 11) is 1.26. The van der Waals surface area contributed by atoms with Crippen LogP contribution in [0.1, 0.15) is 22.8 Å². The Morgan fingerprint density at radius 1 is 1.11 bits per heavy atom. The topological polar surface area (TPSA) is 75.7 Å². The van der Waals surface area contributed by atoms with Gasteiger partial charge >= 0.3 is 5.97 Å². The highest BCUT2D eigenvalue weighted by molar-refractivity contribution is 5.99. The Kier molecular flexibility index (Phi) is 7.05. The lowest BCUT2D eigenvalue weighted by atomic mass is 10.1. The zero-order valence-corrected chi connectivity index (χ0v) is 15.2. The van der Waals surface area contributed by atoms with E-state index >= 15 is 0 Å². The van der Waals surface area contributed by atoms with Crippen molar-refractivity contribution in [3.05, 3.63) is 65.5 Å². The quantitative estimate of drug-likeness (QED) is 0.757. The van der Waals surface area contributed by atoms with E-state index in [0.717, 1.165) is 0 Å². The second-order valence-electron chi connectivity index (χ2n) is 5.84.